The molecule has 0 N–H and O–H groups in total. The molecule has 0 spiro atoms. The van der Waals surface area contributed by atoms with E-state index in [-0.39, 0.29) is 11.9 Å². The van der Waals surface area contributed by atoms with Crippen LogP contribution in [-0.4, -0.2) is 25.2 Å². The summed E-state index contributed by atoms with van der Waals surface area (Å²) >= 11 is 0. The Morgan fingerprint density at radius 3 is 1.39 bits per heavy atom. The number of ether oxygens (including phenoxy) is 2. The van der Waals surface area contributed by atoms with E-state index in [1.165, 1.54) is 0 Å². The van der Waals surface area contributed by atoms with Gasteiger partial charge in [-0.3, -0.25) is 0 Å². The van der Waals surface area contributed by atoms with Crippen LogP contribution < -0.4 is 0 Å². The van der Waals surface area contributed by atoms with Crippen LogP contribution in [-0.2, 0) is 9.47 Å². The van der Waals surface area contributed by atoms with Crippen LogP contribution in [0.5, 0.6) is 0 Å². The number of unbranched alkanes of at least 4 members (excludes halogenated alkanes) is 6. The quantitative estimate of drug-likeness (QED) is 0.115. The summed E-state index contributed by atoms with van der Waals surface area (Å²) in [6.07, 6.45) is 8.30. The second kappa shape index (κ2) is 12.5. The highest BCUT2D eigenvalue weighted by Gasteiger charge is 2.24. The van der Waals surface area contributed by atoms with E-state index in [0.29, 0.717) is 24.3 Å². The summed E-state index contributed by atoms with van der Waals surface area (Å²) < 4.78 is 11.5. The average molecular weight is 485 g/mol. The minimum atomic E-state index is -0.345. The number of hydrogen-bond acceptors (Lipinski definition) is 4. The SMILES string of the molecule is CCCCCCOC(=O)c1c2ccccc2c(C(=O)OCCCCCC)c2cc3ccccc3cc12. The zero-order chi connectivity index (χ0) is 25.3. The number of carbonyl (C=O) groups is 2. The van der Waals surface area contributed by atoms with Crippen molar-refractivity contribution in [3.63, 3.8) is 0 Å². The Morgan fingerprint density at radius 1 is 0.556 bits per heavy atom. The molecule has 188 valence electrons. The average Bonchev–Trinajstić information content (AvgIpc) is 2.90. The molecule has 0 aliphatic heterocycles. The first kappa shape index (κ1) is 25.7. The van der Waals surface area contributed by atoms with Crippen LogP contribution in [0.25, 0.3) is 32.3 Å². The van der Waals surface area contributed by atoms with Gasteiger partial charge in [0.25, 0.3) is 0 Å². The lowest BCUT2D eigenvalue weighted by atomic mass is 9.90. The Balaban J connectivity index is 1.82. The molecule has 4 nitrogen and oxygen atoms in total. The van der Waals surface area contributed by atoms with Gasteiger partial charge in [-0.25, -0.2) is 9.59 Å². The van der Waals surface area contributed by atoms with Gasteiger partial charge in [-0.1, -0.05) is 101 Å². The molecule has 0 aliphatic carbocycles. The maximum absolute atomic E-state index is 13.5. The zero-order valence-corrected chi connectivity index (χ0v) is 21.5. The predicted octanol–water partition coefficient (Wildman–Crippen LogP) is 8.62. The molecule has 4 aromatic carbocycles. The second-order valence-electron chi connectivity index (χ2n) is 9.43. The first-order valence-corrected chi connectivity index (χ1v) is 13.4. The van der Waals surface area contributed by atoms with E-state index in [1.807, 2.05) is 60.7 Å². The fourth-order valence-electron chi connectivity index (χ4n) is 4.83. The smallest absolute Gasteiger partial charge is 0.339 e. The highest BCUT2D eigenvalue weighted by Crippen LogP contribution is 2.36. The van der Waals surface area contributed by atoms with Crippen molar-refractivity contribution < 1.29 is 19.1 Å². The van der Waals surface area contributed by atoms with Gasteiger partial charge in [0, 0.05) is 0 Å². The molecule has 0 radical (unpaired) electrons. The fraction of sp³-hybridized carbons (Fsp3) is 0.375. The lowest BCUT2D eigenvalue weighted by molar-refractivity contribution is 0.0490. The molecule has 0 fully saturated rings. The molecule has 0 aliphatic rings. The van der Waals surface area contributed by atoms with Crippen molar-refractivity contribution in [2.75, 3.05) is 13.2 Å². The molecule has 0 atom stereocenters. The van der Waals surface area contributed by atoms with E-state index in [4.69, 9.17) is 9.47 Å². The lowest BCUT2D eigenvalue weighted by Crippen LogP contribution is -2.12. The molecule has 0 bridgehead atoms. The molecule has 36 heavy (non-hydrogen) atoms. The van der Waals surface area contributed by atoms with E-state index in [0.717, 1.165) is 83.7 Å². The van der Waals surface area contributed by atoms with Crippen molar-refractivity contribution in [2.24, 2.45) is 0 Å². The topological polar surface area (TPSA) is 52.6 Å². The summed E-state index contributed by atoms with van der Waals surface area (Å²) in [6, 6.07) is 19.6. The van der Waals surface area contributed by atoms with E-state index in [9.17, 15) is 9.59 Å². The number of carbonyl (C=O) groups excluding carboxylic acids is 2. The van der Waals surface area contributed by atoms with Crippen LogP contribution in [0, 0.1) is 0 Å². The van der Waals surface area contributed by atoms with Gasteiger partial charge in [0.05, 0.1) is 24.3 Å². The Bertz CT molecular complexity index is 1250. The predicted molar refractivity (Wildman–Crippen MR) is 148 cm³/mol. The second-order valence-corrected chi connectivity index (χ2v) is 9.43. The summed E-state index contributed by atoms with van der Waals surface area (Å²) in [5.41, 5.74) is 1.03. The maximum atomic E-state index is 13.5. The molecule has 0 heterocycles. The highest BCUT2D eigenvalue weighted by atomic mass is 16.5. The van der Waals surface area contributed by atoms with E-state index < -0.39 is 0 Å². The van der Waals surface area contributed by atoms with Crippen LogP contribution in [0.3, 0.4) is 0 Å². The van der Waals surface area contributed by atoms with Gasteiger partial charge in [0.15, 0.2) is 0 Å². The standard InChI is InChI=1S/C32H36O4/c1-3-5-7-13-19-35-31(33)29-25-17-11-12-18-26(25)30(32(34)36-20-14-8-6-4-2)28-22-24-16-10-9-15-23(24)21-27(28)29/h9-12,15-18,21-22H,3-8,13-14,19-20H2,1-2H3. The molecular formula is C32H36O4. The number of benzene rings is 4. The number of esters is 2. The van der Waals surface area contributed by atoms with Crippen molar-refractivity contribution in [1.29, 1.82) is 0 Å². The molecule has 0 saturated carbocycles. The maximum Gasteiger partial charge on any atom is 0.339 e. The summed E-state index contributed by atoms with van der Waals surface area (Å²) in [6.45, 7) is 5.10. The van der Waals surface area contributed by atoms with Gasteiger partial charge in [-0.15, -0.1) is 0 Å². The van der Waals surface area contributed by atoms with Gasteiger partial charge in [0.2, 0.25) is 0 Å². The molecule has 0 aromatic heterocycles. The minimum absolute atomic E-state index is 0.345. The van der Waals surface area contributed by atoms with Crippen LogP contribution >= 0.6 is 0 Å². The van der Waals surface area contributed by atoms with Crippen molar-refractivity contribution >= 4 is 44.3 Å². The normalized spacial score (nSPS) is 11.3. The van der Waals surface area contributed by atoms with Crippen LogP contribution in [0.15, 0.2) is 60.7 Å². The molecule has 0 amide bonds. The number of fused-ring (bicyclic) bond motifs is 3. The Hall–Kier alpha value is -3.40. The third kappa shape index (κ3) is 5.70. The van der Waals surface area contributed by atoms with Crippen LogP contribution in [0.4, 0.5) is 0 Å². The summed E-state index contributed by atoms with van der Waals surface area (Å²) in [5.74, 6) is -0.690. The monoisotopic (exact) mass is 484 g/mol. The molecule has 0 saturated heterocycles. The Kier molecular flexibility index (Phi) is 8.94. The molecule has 4 heteroatoms. The molecule has 0 unspecified atom stereocenters. The first-order chi connectivity index (χ1) is 17.7. The van der Waals surface area contributed by atoms with Crippen molar-refractivity contribution in [1.82, 2.24) is 0 Å². The number of hydrogen-bond donors (Lipinski definition) is 0. The summed E-state index contributed by atoms with van der Waals surface area (Å²) in [7, 11) is 0. The van der Waals surface area contributed by atoms with Gasteiger partial charge in [-0.2, -0.15) is 0 Å². The van der Waals surface area contributed by atoms with E-state index in [2.05, 4.69) is 13.8 Å². The van der Waals surface area contributed by atoms with Gasteiger partial charge < -0.3 is 9.47 Å². The summed E-state index contributed by atoms with van der Waals surface area (Å²) in [5, 5.41) is 4.91. The third-order valence-electron chi connectivity index (χ3n) is 6.76. The van der Waals surface area contributed by atoms with E-state index in [1.54, 1.807) is 0 Å². The van der Waals surface area contributed by atoms with Gasteiger partial charge >= 0.3 is 11.9 Å². The lowest BCUT2D eigenvalue weighted by Gasteiger charge is -2.17. The summed E-state index contributed by atoms with van der Waals surface area (Å²) in [4.78, 5) is 26.9. The van der Waals surface area contributed by atoms with Gasteiger partial charge in [-0.05, 0) is 57.3 Å². The molecular weight excluding hydrogens is 448 g/mol. The minimum Gasteiger partial charge on any atom is -0.462 e. The Morgan fingerprint density at radius 2 is 0.972 bits per heavy atom. The molecule has 4 aromatic rings. The van der Waals surface area contributed by atoms with Crippen LogP contribution in [0.1, 0.15) is 85.9 Å². The zero-order valence-electron chi connectivity index (χ0n) is 21.5. The Labute approximate surface area is 213 Å². The van der Waals surface area contributed by atoms with Crippen molar-refractivity contribution in [3.05, 3.63) is 71.8 Å². The van der Waals surface area contributed by atoms with Crippen molar-refractivity contribution in [2.45, 2.75) is 65.2 Å². The first-order valence-electron chi connectivity index (χ1n) is 13.4. The van der Waals surface area contributed by atoms with Gasteiger partial charge in [0.1, 0.15) is 0 Å². The third-order valence-corrected chi connectivity index (χ3v) is 6.76. The largest absolute Gasteiger partial charge is 0.462 e. The van der Waals surface area contributed by atoms with Crippen LogP contribution in [0.2, 0.25) is 0 Å². The highest BCUT2D eigenvalue weighted by molar-refractivity contribution is 6.26. The van der Waals surface area contributed by atoms with Crippen molar-refractivity contribution in [3.8, 4) is 0 Å². The fourth-order valence-corrected chi connectivity index (χ4v) is 4.83. The number of rotatable bonds is 12. The van der Waals surface area contributed by atoms with E-state index >= 15 is 0 Å². The molecule has 4 rings (SSSR count).